The van der Waals surface area contributed by atoms with Crippen molar-refractivity contribution in [2.24, 2.45) is 11.8 Å². The van der Waals surface area contributed by atoms with Gasteiger partial charge in [-0.25, -0.2) is 0 Å². The summed E-state index contributed by atoms with van der Waals surface area (Å²) in [4.78, 5) is 10.8. The van der Waals surface area contributed by atoms with Gasteiger partial charge in [-0.2, -0.15) is 0 Å². The summed E-state index contributed by atoms with van der Waals surface area (Å²) >= 11 is 0. The van der Waals surface area contributed by atoms with Crippen LogP contribution in [0.2, 0.25) is 0 Å². The maximum Gasteiger partial charge on any atom is 0.319 e. The Morgan fingerprint density at radius 3 is 2.00 bits per heavy atom. The Morgan fingerprint density at radius 2 is 1.77 bits per heavy atom. The van der Waals surface area contributed by atoms with Gasteiger partial charge in [-0.3, -0.25) is 9.00 Å². The Bertz CT molecular complexity index is 199. The normalized spacial score (nSPS) is 16.2. The third kappa shape index (κ3) is 4.41. The molecule has 3 nitrogen and oxygen atoms in total. The minimum absolute atomic E-state index is 0.0721. The van der Waals surface area contributed by atoms with Crippen molar-refractivity contribution in [1.29, 1.82) is 0 Å². The molecule has 0 aromatic heterocycles. The molecule has 78 valence electrons. The molecule has 0 aliphatic heterocycles. The zero-order chi connectivity index (χ0) is 10.6. The highest BCUT2D eigenvalue weighted by Gasteiger charge is 2.28. The Balaban J connectivity index is 4.38. The first kappa shape index (κ1) is 12.6. The quantitative estimate of drug-likeness (QED) is 0.741. The predicted molar refractivity (Wildman–Crippen MR) is 54.1 cm³/mol. The van der Waals surface area contributed by atoms with E-state index in [0.717, 1.165) is 0 Å². The van der Waals surface area contributed by atoms with Crippen LogP contribution in [0.3, 0.4) is 0 Å². The molecule has 0 aliphatic rings. The molecule has 0 saturated heterocycles. The summed E-state index contributed by atoms with van der Waals surface area (Å²) in [5.41, 5.74) is 0. The van der Waals surface area contributed by atoms with Gasteiger partial charge < -0.3 is 5.11 Å². The average Bonchev–Trinajstić information content (AvgIpc) is 1.81. The molecule has 4 heteroatoms. The molecule has 0 amide bonds. The van der Waals surface area contributed by atoms with Crippen molar-refractivity contribution in [3.8, 4) is 0 Å². The molecule has 0 heterocycles. The molecule has 2 atom stereocenters. The second kappa shape index (κ2) is 5.37. The van der Waals surface area contributed by atoms with Gasteiger partial charge in [0.25, 0.3) is 0 Å². The van der Waals surface area contributed by atoms with E-state index in [0.29, 0.717) is 5.75 Å². The predicted octanol–water partition coefficient (Wildman–Crippen LogP) is 1.50. The highest BCUT2D eigenvalue weighted by atomic mass is 32.2. The van der Waals surface area contributed by atoms with Gasteiger partial charge in [0.2, 0.25) is 0 Å². The van der Waals surface area contributed by atoms with Crippen molar-refractivity contribution in [3.63, 3.8) is 0 Å². The monoisotopic (exact) mass is 206 g/mol. The molecule has 1 N–H and O–H groups in total. The number of rotatable bonds is 5. The van der Waals surface area contributed by atoms with Crippen molar-refractivity contribution < 1.29 is 14.1 Å². The summed E-state index contributed by atoms with van der Waals surface area (Å²) < 4.78 is 11.6. The second-order valence-corrected chi connectivity index (χ2v) is 5.55. The molecule has 0 spiro atoms. The van der Waals surface area contributed by atoms with Gasteiger partial charge in [0.05, 0.1) is 0 Å². The summed E-state index contributed by atoms with van der Waals surface area (Å²) in [6.07, 6.45) is 0. The van der Waals surface area contributed by atoms with Crippen molar-refractivity contribution in [1.82, 2.24) is 0 Å². The maximum absolute atomic E-state index is 11.6. The van der Waals surface area contributed by atoms with Gasteiger partial charge in [0.1, 0.15) is 5.25 Å². The van der Waals surface area contributed by atoms with Crippen molar-refractivity contribution in [3.05, 3.63) is 0 Å². The van der Waals surface area contributed by atoms with Crippen LogP contribution in [0.1, 0.15) is 27.7 Å². The summed E-state index contributed by atoms with van der Waals surface area (Å²) in [5.74, 6) is -0.276. The summed E-state index contributed by atoms with van der Waals surface area (Å²) in [5, 5.41) is 8.11. The SMILES string of the molecule is CC(C)CS(=O)C(C(=O)O)C(C)C. The van der Waals surface area contributed by atoms with Crippen molar-refractivity contribution >= 4 is 16.8 Å². The summed E-state index contributed by atoms with van der Waals surface area (Å²) in [7, 11) is -1.25. The third-order valence-corrected chi connectivity index (χ3v) is 3.94. The van der Waals surface area contributed by atoms with Gasteiger partial charge in [0, 0.05) is 16.6 Å². The van der Waals surface area contributed by atoms with E-state index in [1.165, 1.54) is 0 Å². The third-order valence-electron chi connectivity index (χ3n) is 1.63. The minimum atomic E-state index is -1.25. The summed E-state index contributed by atoms with van der Waals surface area (Å²) in [6, 6.07) is 0. The lowest BCUT2D eigenvalue weighted by Crippen LogP contribution is -2.33. The number of hydrogen-bond acceptors (Lipinski definition) is 2. The van der Waals surface area contributed by atoms with Gasteiger partial charge in [0.15, 0.2) is 0 Å². The molecule has 0 saturated carbocycles. The molecule has 0 bridgehead atoms. The standard InChI is InChI=1S/C9H18O3S/c1-6(2)5-13(12)8(7(3)4)9(10)11/h6-8H,5H2,1-4H3,(H,10,11). The number of hydrogen-bond donors (Lipinski definition) is 1. The van der Waals surface area contributed by atoms with Gasteiger partial charge in [-0.1, -0.05) is 27.7 Å². The van der Waals surface area contributed by atoms with E-state index < -0.39 is 22.0 Å². The first-order valence-electron chi connectivity index (χ1n) is 4.46. The Hall–Kier alpha value is -0.380. The molecule has 2 unspecified atom stereocenters. The van der Waals surface area contributed by atoms with E-state index in [-0.39, 0.29) is 11.8 Å². The van der Waals surface area contributed by atoms with Crippen LogP contribution in [0.4, 0.5) is 0 Å². The number of carboxylic acids is 1. The topological polar surface area (TPSA) is 54.4 Å². The lowest BCUT2D eigenvalue weighted by molar-refractivity contribution is -0.137. The van der Waals surface area contributed by atoms with E-state index in [2.05, 4.69) is 0 Å². The molecule has 0 aromatic rings. The van der Waals surface area contributed by atoms with E-state index in [1.807, 2.05) is 13.8 Å². The number of aliphatic carboxylic acids is 1. The van der Waals surface area contributed by atoms with Crippen LogP contribution in [0.5, 0.6) is 0 Å². The van der Waals surface area contributed by atoms with Crippen molar-refractivity contribution in [2.45, 2.75) is 32.9 Å². The number of carbonyl (C=O) groups is 1. The van der Waals surface area contributed by atoms with Gasteiger partial charge in [-0.15, -0.1) is 0 Å². The van der Waals surface area contributed by atoms with Crippen LogP contribution < -0.4 is 0 Å². The fourth-order valence-corrected chi connectivity index (χ4v) is 2.83. The lowest BCUT2D eigenvalue weighted by atomic mass is 10.1. The minimum Gasteiger partial charge on any atom is -0.480 e. The second-order valence-electron chi connectivity index (χ2n) is 3.94. The molecule has 0 aromatic carbocycles. The molecule has 13 heavy (non-hydrogen) atoms. The van der Waals surface area contributed by atoms with Crippen LogP contribution in [0.25, 0.3) is 0 Å². The largest absolute Gasteiger partial charge is 0.480 e. The molecule has 0 radical (unpaired) electrons. The summed E-state index contributed by atoms with van der Waals surface area (Å²) in [6.45, 7) is 7.46. The van der Waals surface area contributed by atoms with Crippen LogP contribution in [-0.4, -0.2) is 26.3 Å². The number of carboxylic acid groups (broad SMARTS) is 1. The van der Waals surface area contributed by atoms with E-state index in [9.17, 15) is 9.00 Å². The maximum atomic E-state index is 11.6. The van der Waals surface area contributed by atoms with Crippen molar-refractivity contribution in [2.75, 3.05) is 5.75 Å². The fourth-order valence-electron chi connectivity index (χ4n) is 1.13. The average molecular weight is 206 g/mol. The Morgan fingerprint density at radius 1 is 1.31 bits per heavy atom. The van der Waals surface area contributed by atoms with E-state index in [4.69, 9.17) is 5.11 Å². The van der Waals surface area contributed by atoms with Gasteiger partial charge >= 0.3 is 5.97 Å². The zero-order valence-electron chi connectivity index (χ0n) is 8.61. The van der Waals surface area contributed by atoms with Crippen LogP contribution >= 0.6 is 0 Å². The van der Waals surface area contributed by atoms with Crippen LogP contribution in [0.15, 0.2) is 0 Å². The van der Waals surface area contributed by atoms with Crippen LogP contribution in [0, 0.1) is 11.8 Å². The Labute approximate surface area is 82.0 Å². The molecular formula is C9H18O3S. The highest BCUT2D eigenvalue weighted by Crippen LogP contribution is 2.12. The van der Waals surface area contributed by atoms with E-state index in [1.54, 1.807) is 13.8 Å². The molecule has 0 fully saturated rings. The first-order valence-corrected chi connectivity index (χ1v) is 5.84. The van der Waals surface area contributed by atoms with Gasteiger partial charge in [-0.05, 0) is 11.8 Å². The first-order chi connectivity index (χ1) is 5.86. The molecule has 0 aliphatic carbocycles. The van der Waals surface area contributed by atoms with Crippen LogP contribution in [-0.2, 0) is 15.6 Å². The molecule has 0 rings (SSSR count). The lowest BCUT2D eigenvalue weighted by Gasteiger charge is -2.16. The van der Waals surface area contributed by atoms with E-state index >= 15 is 0 Å². The Kier molecular flexibility index (Phi) is 5.21. The fraction of sp³-hybridized carbons (Fsp3) is 0.889. The molecular weight excluding hydrogens is 188 g/mol. The smallest absolute Gasteiger partial charge is 0.319 e. The highest BCUT2D eigenvalue weighted by molar-refractivity contribution is 7.86. The zero-order valence-corrected chi connectivity index (χ0v) is 9.43.